The third-order valence-electron chi connectivity index (χ3n) is 3.35. The number of rotatable bonds is 2. The first-order valence-corrected chi connectivity index (χ1v) is 7.06. The van der Waals surface area contributed by atoms with E-state index in [1.165, 1.54) is 32.1 Å². The Morgan fingerprint density at radius 2 is 2.40 bits per heavy atom. The summed E-state index contributed by atoms with van der Waals surface area (Å²) in [6.45, 7) is 2.28. The van der Waals surface area contributed by atoms with Crippen molar-refractivity contribution in [2.45, 2.75) is 45.1 Å². The van der Waals surface area contributed by atoms with Crippen LogP contribution in [0, 0.1) is 9.62 Å². The Morgan fingerprint density at radius 1 is 1.60 bits per heavy atom. The quantitative estimate of drug-likeness (QED) is 0.736. The second-order valence-electron chi connectivity index (χ2n) is 4.34. The molecule has 2 unspecified atom stereocenters. The highest BCUT2D eigenvalue weighted by Crippen LogP contribution is 2.34. The van der Waals surface area contributed by atoms with Crippen molar-refractivity contribution < 1.29 is 0 Å². The Morgan fingerprint density at radius 3 is 3.00 bits per heavy atom. The van der Waals surface area contributed by atoms with Gasteiger partial charge in [0.05, 0.1) is 11.1 Å². The summed E-state index contributed by atoms with van der Waals surface area (Å²) >= 11 is 8.22. The number of nitrogens with zero attached hydrogens (tertiary/aromatic N) is 2. The zero-order valence-electron chi connectivity index (χ0n) is 8.92. The van der Waals surface area contributed by atoms with Crippen LogP contribution in [-0.2, 0) is 0 Å². The molecule has 84 valence electrons. The summed E-state index contributed by atoms with van der Waals surface area (Å²) in [5.74, 6) is 0.879. The standard InChI is InChI=1S/C11H16ClIN2/c1-2-8-4-3-5-9(6-8)15-7-10(12)11(13)14-15/h7-9H,2-6H2,1H3. The summed E-state index contributed by atoms with van der Waals surface area (Å²) in [5.41, 5.74) is 0. The molecule has 1 fully saturated rings. The van der Waals surface area contributed by atoms with Crippen molar-refractivity contribution in [3.8, 4) is 0 Å². The molecule has 0 radical (unpaired) electrons. The maximum atomic E-state index is 6.03. The number of hydrogen-bond donors (Lipinski definition) is 0. The molecule has 0 aliphatic heterocycles. The minimum atomic E-state index is 0.574. The van der Waals surface area contributed by atoms with Crippen LogP contribution in [0.25, 0.3) is 0 Å². The Balaban J connectivity index is 2.09. The molecule has 0 bridgehead atoms. The van der Waals surface area contributed by atoms with Gasteiger partial charge in [-0.3, -0.25) is 4.68 Å². The highest BCUT2D eigenvalue weighted by Gasteiger charge is 2.23. The molecule has 2 nitrogen and oxygen atoms in total. The maximum absolute atomic E-state index is 6.03. The smallest absolute Gasteiger partial charge is 0.141 e. The monoisotopic (exact) mass is 338 g/mol. The topological polar surface area (TPSA) is 17.8 Å². The summed E-state index contributed by atoms with van der Waals surface area (Å²) in [6.07, 6.45) is 8.51. The SMILES string of the molecule is CCC1CCCC(n2cc(Cl)c(I)n2)C1. The van der Waals surface area contributed by atoms with Gasteiger partial charge in [0.1, 0.15) is 3.70 Å². The first-order valence-electron chi connectivity index (χ1n) is 5.60. The zero-order chi connectivity index (χ0) is 10.8. The fraction of sp³-hybridized carbons (Fsp3) is 0.727. The second kappa shape index (κ2) is 5.04. The van der Waals surface area contributed by atoms with E-state index >= 15 is 0 Å². The molecule has 1 heterocycles. The molecule has 0 N–H and O–H groups in total. The Labute approximate surface area is 110 Å². The van der Waals surface area contributed by atoms with Crippen LogP contribution in [0.1, 0.15) is 45.1 Å². The average molecular weight is 339 g/mol. The summed E-state index contributed by atoms with van der Waals surface area (Å²) in [5, 5.41) is 5.26. The van der Waals surface area contributed by atoms with E-state index in [0.29, 0.717) is 6.04 Å². The van der Waals surface area contributed by atoms with Gasteiger partial charge >= 0.3 is 0 Å². The van der Waals surface area contributed by atoms with Crippen molar-refractivity contribution in [3.63, 3.8) is 0 Å². The van der Waals surface area contributed by atoms with Gasteiger partial charge in [-0.2, -0.15) is 5.10 Å². The van der Waals surface area contributed by atoms with Gasteiger partial charge in [0, 0.05) is 6.20 Å². The van der Waals surface area contributed by atoms with Crippen molar-refractivity contribution in [1.29, 1.82) is 0 Å². The minimum absolute atomic E-state index is 0.574. The van der Waals surface area contributed by atoms with Crippen LogP contribution in [0.15, 0.2) is 6.20 Å². The van der Waals surface area contributed by atoms with E-state index < -0.39 is 0 Å². The molecule has 4 heteroatoms. The third-order valence-corrected chi connectivity index (χ3v) is 4.74. The maximum Gasteiger partial charge on any atom is 0.141 e. The van der Waals surface area contributed by atoms with Gasteiger partial charge in [-0.05, 0) is 41.4 Å². The van der Waals surface area contributed by atoms with Gasteiger partial charge in [0.15, 0.2) is 0 Å². The lowest BCUT2D eigenvalue weighted by atomic mass is 9.84. The van der Waals surface area contributed by atoms with Crippen LogP contribution < -0.4 is 0 Å². The molecule has 0 spiro atoms. The van der Waals surface area contributed by atoms with Crippen LogP contribution in [0.2, 0.25) is 5.02 Å². The predicted molar refractivity (Wildman–Crippen MR) is 71.2 cm³/mol. The highest BCUT2D eigenvalue weighted by atomic mass is 127. The van der Waals surface area contributed by atoms with E-state index in [1.54, 1.807) is 0 Å². The van der Waals surface area contributed by atoms with Crippen molar-refractivity contribution in [2.24, 2.45) is 5.92 Å². The van der Waals surface area contributed by atoms with E-state index in [9.17, 15) is 0 Å². The molecule has 2 rings (SSSR count). The molecule has 0 aromatic carbocycles. The van der Waals surface area contributed by atoms with Gasteiger partial charge in [-0.25, -0.2) is 0 Å². The molecule has 2 atom stereocenters. The molecule has 1 saturated carbocycles. The fourth-order valence-electron chi connectivity index (χ4n) is 2.41. The second-order valence-corrected chi connectivity index (χ2v) is 5.77. The summed E-state index contributed by atoms with van der Waals surface area (Å²) in [7, 11) is 0. The van der Waals surface area contributed by atoms with Gasteiger partial charge in [0.25, 0.3) is 0 Å². The van der Waals surface area contributed by atoms with E-state index in [-0.39, 0.29) is 0 Å². The molecule has 1 aromatic heterocycles. The minimum Gasteiger partial charge on any atom is -0.267 e. The van der Waals surface area contributed by atoms with E-state index in [2.05, 4.69) is 39.3 Å². The van der Waals surface area contributed by atoms with Crippen molar-refractivity contribution in [1.82, 2.24) is 9.78 Å². The molecule has 0 amide bonds. The summed E-state index contributed by atoms with van der Waals surface area (Å²) < 4.78 is 3.00. The van der Waals surface area contributed by atoms with Crippen LogP contribution in [-0.4, -0.2) is 9.78 Å². The van der Waals surface area contributed by atoms with Crippen LogP contribution in [0.4, 0.5) is 0 Å². The van der Waals surface area contributed by atoms with Gasteiger partial charge < -0.3 is 0 Å². The zero-order valence-corrected chi connectivity index (χ0v) is 11.8. The van der Waals surface area contributed by atoms with Gasteiger partial charge in [-0.1, -0.05) is 37.8 Å². The molecule has 15 heavy (non-hydrogen) atoms. The number of hydrogen-bond acceptors (Lipinski definition) is 1. The van der Waals surface area contributed by atoms with Crippen LogP contribution in [0.5, 0.6) is 0 Å². The lowest BCUT2D eigenvalue weighted by molar-refractivity contribution is 0.247. The molecule has 0 saturated heterocycles. The normalized spacial score (nSPS) is 26.9. The summed E-state index contributed by atoms with van der Waals surface area (Å²) in [4.78, 5) is 0. The first-order chi connectivity index (χ1) is 7.20. The molecular formula is C11H16ClIN2. The fourth-order valence-corrected chi connectivity index (χ4v) is 2.93. The van der Waals surface area contributed by atoms with Crippen molar-refractivity contribution in [2.75, 3.05) is 0 Å². The van der Waals surface area contributed by atoms with Gasteiger partial charge in [0.2, 0.25) is 0 Å². The predicted octanol–water partition coefficient (Wildman–Crippen LogP) is 4.28. The average Bonchev–Trinajstić information content (AvgIpc) is 2.59. The highest BCUT2D eigenvalue weighted by molar-refractivity contribution is 14.1. The number of halogens is 2. The number of aromatic nitrogens is 2. The van der Waals surface area contributed by atoms with Crippen LogP contribution in [0.3, 0.4) is 0 Å². The van der Waals surface area contributed by atoms with Crippen molar-refractivity contribution >= 4 is 34.2 Å². The largest absolute Gasteiger partial charge is 0.267 e. The Bertz CT molecular complexity index is 318. The summed E-state index contributed by atoms with van der Waals surface area (Å²) in [6, 6.07) is 0.574. The lowest BCUT2D eigenvalue weighted by Crippen LogP contribution is -2.19. The van der Waals surface area contributed by atoms with E-state index in [4.69, 9.17) is 11.6 Å². The lowest BCUT2D eigenvalue weighted by Gasteiger charge is -2.28. The van der Waals surface area contributed by atoms with Gasteiger partial charge in [-0.15, -0.1) is 0 Å². The van der Waals surface area contributed by atoms with Crippen molar-refractivity contribution in [3.05, 3.63) is 14.9 Å². The first kappa shape index (κ1) is 11.7. The van der Waals surface area contributed by atoms with E-state index in [1.807, 2.05) is 6.20 Å². The molecular weight excluding hydrogens is 322 g/mol. The molecule has 1 aliphatic rings. The van der Waals surface area contributed by atoms with E-state index in [0.717, 1.165) is 14.6 Å². The van der Waals surface area contributed by atoms with Crippen LogP contribution >= 0.6 is 34.2 Å². The Hall–Kier alpha value is 0.230. The molecule has 1 aliphatic carbocycles. The third kappa shape index (κ3) is 2.67. The molecule has 1 aromatic rings. The Kier molecular flexibility index (Phi) is 3.93.